The van der Waals surface area contributed by atoms with E-state index in [2.05, 4.69) is 31.8 Å². The molecule has 7 nitrogen and oxygen atoms in total. The van der Waals surface area contributed by atoms with Crippen LogP contribution in [0.1, 0.15) is 74.4 Å². The van der Waals surface area contributed by atoms with E-state index < -0.39 is 29.4 Å². The van der Waals surface area contributed by atoms with Crippen LogP contribution in [0.15, 0.2) is 29.8 Å². The molecule has 1 N–H and O–H groups in total. The summed E-state index contributed by atoms with van der Waals surface area (Å²) in [5, 5.41) is 22.7. The number of carbonyl (C=O) groups is 2. The molecular weight excluding hydrogens is 438 g/mol. The first-order valence-electron chi connectivity index (χ1n) is 11.0. The molecule has 1 saturated heterocycles. The van der Waals surface area contributed by atoms with Gasteiger partial charge in [-0.2, -0.15) is 5.26 Å². The molecule has 8 heteroatoms. The Hall–Kier alpha value is -2.92. The minimum absolute atomic E-state index is 0.00332. The number of ether oxygens (including phenoxy) is 1. The number of aliphatic carboxylic acids is 1. The normalized spacial score (nSPS) is 22.9. The number of likely N-dealkylation sites (tertiary alicyclic amines) is 1. The molecule has 176 valence electrons. The summed E-state index contributed by atoms with van der Waals surface area (Å²) in [6.07, 6.45) is 1.91. The van der Waals surface area contributed by atoms with Crippen LogP contribution in [0.3, 0.4) is 0 Å². The number of hydrogen-bond donors (Lipinski definition) is 1. The fraction of sp³-hybridized carbons (Fsp3) is 0.520. The first-order valence-corrected chi connectivity index (χ1v) is 11.9. The van der Waals surface area contributed by atoms with E-state index in [1.165, 1.54) is 16.2 Å². The molecule has 2 aromatic rings. The van der Waals surface area contributed by atoms with Crippen LogP contribution in [0.4, 0.5) is 0 Å². The highest BCUT2D eigenvalue weighted by molar-refractivity contribution is 7.09. The van der Waals surface area contributed by atoms with Crippen LogP contribution in [0, 0.1) is 23.2 Å². The van der Waals surface area contributed by atoms with Crippen molar-refractivity contribution in [3.63, 3.8) is 0 Å². The second-order valence-corrected chi connectivity index (χ2v) is 11.0. The Balaban J connectivity index is 2.20. The Bertz CT molecular complexity index is 1070. The van der Waals surface area contributed by atoms with E-state index in [4.69, 9.17) is 4.74 Å². The average Bonchev–Trinajstić information content (AvgIpc) is 3.37. The van der Waals surface area contributed by atoms with Gasteiger partial charge < -0.3 is 14.7 Å². The zero-order valence-electron chi connectivity index (χ0n) is 20.0. The zero-order valence-corrected chi connectivity index (χ0v) is 20.8. The van der Waals surface area contributed by atoms with Crippen LogP contribution in [-0.2, 0) is 10.2 Å². The predicted octanol–water partition coefficient (Wildman–Crippen LogP) is 5.05. The van der Waals surface area contributed by atoms with Gasteiger partial charge in [0.1, 0.15) is 22.3 Å². The molecule has 1 aliphatic rings. The number of carboxylic acids is 1. The lowest BCUT2D eigenvalue weighted by molar-refractivity contribution is -0.150. The Morgan fingerprint density at radius 3 is 2.58 bits per heavy atom. The summed E-state index contributed by atoms with van der Waals surface area (Å²) in [5.74, 6) is -1.63. The minimum Gasteiger partial charge on any atom is -0.496 e. The molecule has 1 aromatic heterocycles. The highest BCUT2D eigenvalue weighted by Gasteiger charge is 2.60. The molecule has 0 saturated carbocycles. The number of thiazole rings is 1. The number of aromatic nitrogens is 1. The second-order valence-electron chi connectivity index (χ2n) is 10.0. The first kappa shape index (κ1) is 24.7. The van der Waals surface area contributed by atoms with Gasteiger partial charge in [0.2, 0.25) is 0 Å². The van der Waals surface area contributed by atoms with E-state index in [0.29, 0.717) is 16.3 Å². The van der Waals surface area contributed by atoms with Crippen LogP contribution in [0.2, 0.25) is 0 Å². The summed E-state index contributed by atoms with van der Waals surface area (Å²) in [5.41, 5.74) is -0.425. The third-order valence-electron chi connectivity index (χ3n) is 6.17. The molecule has 0 radical (unpaired) electrons. The number of carbonyl (C=O) groups excluding carboxylic acids is 1. The van der Waals surface area contributed by atoms with Crippen molar-refractivity contribution in [2.45, 2.75) is 64.5 Å². The van der Waals surface area contributed by atoms with Crippen molar-refractivity contribution in [2.24, 2.45) is 11.8 Å². The predicted molar refractivity (Wildman–Crippen MR) is 126 cm³/mol. The quantitative estimate of drug-likeness (QED) is 0.635. The molecule has 1 aliphatic heterocycles. The highest BCUT2D eigenvalue weighted by atomic mass is 32.1. The van der Waals surface area contributed by atoms with E-state index >= 15 is 0 Å². The fourth-order valence-electron chi connectivity index (χ4n) is 4.84. The van der Waals surface area contributed by atoms with Crippen LogP contribution in [0.25, 0.3) is 0 Å². The van der Waals surface area contributed by atoms with Gasteiger partial charge in [0.05, 0.1) is 19.1 Å². The third kappa shape index (κ3) is 4.47. The maximum absolute atomic E-state index is 14.0. The first-order chi connectivity index (χ1) is 15.5. The van der Waals surface area contributed by atoms with E-state index in [1.54, 1.807) is 30.8 Å². The molecule has 3 atom stereocenters. The maximum Gasteiger partial charge on any atom is 0.329 e. The number of benzene rings is 1. The van der Waals surface area contributed by atoms with E-state index in [-0.39, 0.29) is 24.2 Å². The van der Waals surface area contributed by atoms with Crippen LogP contribution >= 0.6 is 11.3 Å². The summed E-state index contributed by atoms with van der Waals surface area (Å²) in [7, 11) is 1.55. The topological polar surface area (TPSA) is 104 Å². The number of nitrogens with zero attached hydrogens (tertiary/aromatic N) is 3. The number of hydrogen-bond acceptors (Lipinski definition) is 6. The van der Waals surface area contributed by atoms with Gasteiger partial charge in [-0.1, -0.05) is 40.7 Å². The van der Waals surface area contributed by atoms with Gasteiger partial charge in [0.25, 0.3) is 5.91 Å². The van der Waals surface area contributed by atoms with Crippen molar-refractivity contribution in [1.82, 2.24) is 9.88 Å². The number of carboxylic acid groups (broad SMARTS) is 1. The summed E-state index contributed by atoms with van der Waals surface area (Å²) in [6.45, 7) is 10.0. The summed E-state index contributed by atoms with van der Waals surface area (Å²) >= 11 is 1.33. The zero-order chi connectivity index (χ0) is 24.6. The summed E-state index contributed by atoms with van der Waals surface area (Å²) < 4.78 is 5.58. The maximum atomic E-state index is 14.0. The highest BCUT2D eigenvalue weighted by Crippen LogP contribution is 2.50. The molecule has 33 heavy (non-hydrogen) atoms. The van der Waals surface area contributed by atoms with Gasteiger partial charge in [-0.15, -0.1) is 11.3 Å². The fourth-order valence-corrected chi connectivity index (χ4v) is 5.63. The Morgan fingerprint density at radius 2 is 2.09 bits per heavy atom. The van der Waals surface area contributed by atoms with Gasteiger partial charge in [-0.3, -0.25) is 4.79 Å². The number of nitriles is 1. The van der Waals surface area contributed by atoms with Crippen molar-refractivity contribution >= 4 is 23.2 Å². The van der Waals surface area contributed by atoms with E-state index in [9.17, 15) is 20.0 Å². The summed E-state index contributed by atoms with van der Waals surface area (Å²) in [6, 6.07) is 6.77. The van der Waals surface area contributed by atoms with Gasteiger partial charge in [0, 0.05) is 17.1 Å². The Morgan fingerprint density at radius 1 is 1.39 bits per heavy atom. The third-order valence-corrected chi connectivity index (χ3v) is 7.01. The van der Waals surface area contributed by atoms with Crippen LogP contribution in [-0.4, -0.2) is 39.5 Å². The van der Waals surface area contributed by atoms with E-state index in [1.807, 2.05) is 19.9 Å². The Labute approximate surface area is 199 Å². The molecule has 3 rings (SSSR count). The van der Waals surface area contributed by atoms with Crippen LogP contribution < -0.4 is 4.74 Å². The minimum atomic E-state index is -1.50. The molecule has 0 spiro atoms. The smallest absolute Gasteiger partial charge is 0.329 e. The molecular formula is C25H31N3O4S. The average molecular weight is 470 g/mol. The summed E-state index contributed by atoms with van der Waals surface area (Å²) in [4.78, 5) is 32.5. The van der Waals surface area contributed by atoms with Crippen molar-refractivity contribution in [3.05, 3.63) is 45.9 Å². The van der Waals surface area contributed by atoms with E-state index in [0.717, 1.165) is 5.56 Å². The largest absolute Gasteiger partial charge is 0.496 e. The number of amides is 1. The van der Waals surface area contributed by atoms with Crippen molar-refractivity contribution in [3.8, 4) is 11.8 Å². The standard InChI is InChI=1S/C25H31N3O4S/c1-15(2)12-25(23(30)31)13-17(14-26)20(21-27-9-10-33-21)28(25)22(29)16-7-8-18(24(3,4)5)19(11-16)32-6/h7-11,15,17,20H,12-13H2,1-6H3,(H,30,31)/t17-,20-,25+/m1/s1. The second kappa shape index (κ2) is 9.14. The lowest BCUT2D eigenvalue weighted by Crippen LogP contribution is -2.54. The molecule has 1 fully saturated rings. The van der Waals surface area contributed by atoms with Gasteiger partial charge in [0.15, 0.2) is 0 Å². The molecule has 2 heterocycles. The number of methoxy groups -OCH3 is 1. The lowest BCUT2D eigenvalue weighted by Gasteiger charge is -2.38. The van der Waals surface area contributed by atoms with Gasteiger partial charge in [-0.05, 0) is 41.9 Å². The van der Waals surface area contributed by atoms with Gasteiger partial charge in [-0.25, -0.2) is 9.78 Å². The molecule has 0 unspecified atom stereocenters. The molecule has 0 bridgehead atoms. The van der Waals surface area contributed by atoms with Crippen molar-refractivity contribution < 1.29 is 19.4 Å². The van der Waals surface area contributed by atoms with Crippen LogP contribution in [0.5, 0.6) is 5.75 Å². The molecule has 0 aliphatic carbocycles. The monoisotopic (exact) mass is 469 g/mol. The number of rotatable bonds is 6. The lowest BCUT2D eigenvalue weighted by atomic mass is 9.83. The van der Waals surface area contributed by atoms with Crippen molar-refractivity contribution in [2.75, 3.05) is 7.11 Å². The Kier molecular flexibility index (Phi) is 6.85. The SMILES string of the molecule is COc1cc(C(=O)N2[C@@H](c3nccs3)[C@@H](C#N)C[C@@]2(CC(C)C)C(=O)O)ccc1C(C)(C)C. The van der Waals surface area contributed by atoms with Crippen molar-refractivity contribution in [1.29, 1.82) is 5.26 Å². The molecule has 1 amide bonds. The molecule has 1 aromatic carbocycles. The van der Waals surface area contributed by atoms with Gasteiger partial charge >= 0.3 is 5.97 Å².